The van der Waals surface area contributed by atoms with Crippen LogP contribution in [0.3, 0.4) is 0 Å². The summed E-state index contributed by atoms with van der Waals surface area (Å²) in [7, 11) is 0. The number of ether oxygens (including phenoxy) is 2. The number of H-pyrrole nitrogens is 3. The molecule has 10 aromatic rings. The average molecular weight is 1180 g/mol. The van der Waals surface area contributed by atoms with Crippen LogP contribution in [0.15, 0.2) is 196 Å². The third-order valence-electron chi connectivity index (χ3n) is 12.4. The number of carbonyl (C=O) groups excluding carboxylic acids is 6. The third kappa shape index (κ3) is 23.7. The minimum Gasteiger partial charge on any atom is -0.449 e. The number of Topliss-reactive ketones (excluding diaryl/α,β-unsaturated/α-hetero) is 2. The first kappa shape index (κ1) is 63.0. The molecular weight excluding hydrogens is 1110 g/mol. The van der Waals surface area contributed by atoms with Crippen LogP contribution in [-0.4, -0.2) is 103 Å². The van der Waals surface area contributed by atoms with Crippen LogP contribution in [0.1, 0.15) is 100 Å². The number of alkyl carbamates (subject to hydrolysis) is 2. The summed E-state index contributed by atoms with van der Waals surface area (Å²) in [5.74, 6) is 0.357. The quantitative estimate of drug-likeness (QED) is 0.0249. The number of aryl methyl sites for hydroxylation is 2. The maximum atomic E-state index is 12.4. The fourth-order valence-electron chi connectivity index (χ4n) is 7.89. The molecule has 7 N–H and O–H groups in total. The SMILES string of the molecule is O=C(CCCn1ccnc1)c1cccc(C(=O)CCCn2ccnc2)c1.O=C(NCCc1ncn[nH]1)OCc1ccccc1.O=C(NCc1ccccc1)OCCc1cccs1.O=C(NCc1cnc[nH]1)c1cccc(C(=O)NCc2cnc[nH]2)c1. The summed E-state index contributed by atoms with van der Waals surface area (Å²) < 4.78 is 14.0. The fourth-order valence-corrected chi connectivity index (χ4v) is 8.58. The lowest BCUT2D eigenvalue weighted by Crippen LogP contribution is -2.26. The average Bonchev–Trinajstić information content (AvgIpc) is 4.55. The van der Waals surface area contributed by atoms with Gasteiger partial charge in [0.05, 0.1) is 56.4 Å². The van der Waals surface area contributed by atoms with Gasteiger partial charge >= 0.3 is 12.2 Å². The first-order chi connectivity index (χ1) is 42.1. The normalized spacial score (nSPS) is 10.3. The summed E-state index contributed by atoms with van der Waals surface area (Å²) in [5.41, 5.74) is 5.68. The van der Waals surface area contributed by atoms with Crippen LogP contribution in [0.4, 0.5) is 9.59 Å². The number of nitrogens with zero attached hydrogens (tertiary/aromatic N) is 8. The number of aromatic nitrogens is 11. The monoisotopic (exact) mass is 1180 g/mol. The Bertz CT molecular complexity index is 3290. The molecule has 86 heavy (non-hydrogen) atoms. The molecule has 0 aliphatic rings. The number of hydrogen-bond acceptors (Lipinski definition) is 15. The van der Waals surface area contributed by atoms with Crippen LogP contribution < -0.4 is 21.3 Å². The van der Waals surface area contributed by atoms with Crippen LogP contribution in [-0.2, 0) is 61.6 Å². The van der Waals surface area contributed by atoms with E-state index in [1.54, 1.807) is 110 Å². The van der Waals surface area contributed by atoms with Gasteiger partial charge in [-0.25, -0.2) is 34.5 Å². The number of benzene rings is 4. The van der Waals surface area contributed by atoms with Gasteiger partial charge in [0, 0.05) is 116 Å². The molecule has 0 aliphatic carbocycles. The number of imidazole rings is 4. The number of carbonyl (C=O) groups is 6. The van der Waals surface area contributed by atoms with Crippen molar-refractivity contribution in [2.75, 3.05) is 13.2 Å². The lowest BCUT2D eigenvalue weighted by atomic mass is 10.00. The van der Waals surface area contributed by atoms with Gasteiger partial charge in [0.15, 0.2) is 11.6 Å². The van der Waals surface area contributed by atoms with Crippen LogP contribution in [0.5, 0.6) is 0 Å². The number of rotatable bonds is 26. The zero-order chi connectivity index (χ0) is 60.2. The zero-order valence-electron chi connectivity index (χ0n) is 47.1. The van der Waals surface area contributed by atoms with E-state index in [2.05, 4.69) is 66.4 Å². The summed E-state index contributed by atoms with van der Waals surface area (Å²) in [6.45, 7) is 3.86. The highest BCUT2D eigenvalue weighted by Crippen LogP contribution is 2.14. The Morgan fingerprint density at radius 2 is 1.10 bits per heavy atom. The predicted molar refractivity (Wildman–Crippen MR) is 321 cm³/mol. The van der Waals surface area contributed by atoms with Crippen LogP contribution in [0, 0.1) is 0 Å². The lowest BCUT2D eigenvalue weighted by molar-refractivity contribution is 0.0943. The molecule has 23 nitrogen and oxygen atoms in total. The van der Waals surface area contributed by atoms with E-state index in [0.717, 1.165) is 60.7 Å². The molecule has 0 aliphatic heterocycles. The Labute approximate surface area is 500 Å². The van der Waals surface area contributed by atoms with Crippen molar-refractivity contribution in [1.29, 1.82) is 0 Å². The summed E-state index contributed by atoms with van der Waals surface area (Å²) in [5, 5.41) is 19.3. The van der Waals surface area contributed by atoms with Crippen molar-refractivity contribution in [1.82, 2.24) is 75.5 Å². The Balaban J connectivity index is 0.000000166. The van der Waals surface area contributed by atoms with E-state index in [1.165, 1.54) is 11.2 Å². The molecule has 6 aromatic heterocycles. The Morgan fingerprint density at radius 1 is 0.547 bits per heavy atom. The standard InChI is InChI=1S/C20H22N4O2.C16H16N6O2.C14H15NO2S.C12H14N4O2/c25-19(6-2-10-23-12-8-21-15-23)17-4-1-5-18(14-17)20(26)7-3-11-24-13-9-22-16-24;23-15(19-7-13-5-17-9-21-13)11-2-1-3-12(4-11)16(24)20-8-14-6-18-10-22-14;16-14(15-11-12-5-2-1-3-6-12)17-9-8-13-7-4-10-18-13;17-12(13-7-6-11-14-9-15-16-11)18-8-10-4-2-1-3-5-10/h1,4-5,8-9,12-16H,2-3,6-7,10-11H2;1-6,9-10H,7-8H2,(H,17,21)(H,18,22)(H,19,23)(H,20,24);1-7,10H,8-9,11H2,(H,15,16);1-5,9H,6-8H2,(H,13,17)(H,14,15,16). The molecule has 0 atom stereocenters. The van der Waals surface area contributed by atoms with Crippen molar-refractivity contribution >= 4 is 46.9 Å². The Kier molecular flexibility index (Phi) is 26.4. The second-order valence-electron chi connectivity index (χ2n) is 18.8. The topological polar surface area (TPSA) is 304 Å². The van der Waals surface area contributed by atoms with Crippen LogP contribution in [0.2, 0.25) is 0 Å². The minimum absolute atomic E-state index is 0.0678. The predicted octanol–water partition coefficient (Wildman–Crippen LogP) is 8.89. The molecule has 0 radical (unpaired) electrons. The first-order valence-electron chi connectivity index (χ1n) is 27.6. The van der Waals surface area contributed by atoms with Crippen molar-refractivity contribution in [2.24, 2.45) is 0 Å². The molecule has 24 heteroatoms. The molecule has 0 saturated carbocycles. The Morgan fingerprint density at radius 3 is 1.62 bits per heavy atom. The molecule has 0 saturated heterocycles. The second kappa shape index (κ2) is 36.1. The van der Waals surface area contributed by atoms with E-state index < -0.39 is 6.09 Å². The molecule has 444 valence electrons. The zero-order valence-corrected chi connectivity index (χ0v) is 47.9. The van der Waals surface area contributed by atoms with Crippen molar-refractivity contribution in [3.8, 4) is 0 Å². The highest BCUT2D eigenvalue weighted by Gasteiger charge is 2.13. The number of nitrogens with one attached hydrogen (secondary N) is 7. The highest BCUT2D eigenvalue weighted by molar-refractivity contribution is 7.09. The molecule has 0 unspecified atom stereocenters. The van der Waals surface area contributed by atoms with E-state index in [0.29, 0.717) is 74.3 Å². The largest absolute Gasteiger partial charge is 0.449 e. The number of hydrogen-bond donors (Lipinski definition) is 7. The Hall–Kier alpha value is -10.6. The summed E-state index contributed by atoms with van der Waals surface area (Å²) in [4.78, 5) is 98.6. The van der Waals surface area contributed by atoms with Gasteiger partial charge in [-0.3, -0.25) is 24.3 Å². The number of ketones is 2. The van der Waals surface area contributed by atoms with Gasteiger partial charge in [-0.05, 0) is 59.7 Å². The molecule has 0 spiro atoms. The number of aromatic amines is 3. The van der Waals surface area contributed by atoms with E-state index in [9.17, 15) is 28.8 Å². The molecule has 6 heterocycles. The van der Waals surface area contributed by atoms with Gasteiger partial charge in [-0.2, -0.15) is 5.10 Å². The maximum Gasteiger partial charge on any atom is 0.407 e. The summed E-state index contributed by atoms with van der Waals surface area (Å²) in [6, 6.07) is 37.0. The minimum atomic E-state index is -0.432. The van der Waals surface area contributed by atoms with Gasteiger partial charge in [0.25, 0.3) is 11.8 Å². The van der Waals surface area contributed by atoms with Gasteiger partial charge in [-0.1, -0.05) is 91.0 Å². The summed E-state index contributed by atoms with van der Waals surface area (Å²) in [6.07, 6.45) is 21.5. The van der Waals surface area contributed by atoms with E-state index >= 15 is 0 Å². The van der Waals surface area contributed by atoms with Crippen molar-refractivity contribution < 1.29 is 38.2 Å². The van der Waals surface area contributed by atoms with E-state index in [-0.39, 0.29) is 36.1 Å². The van der Waals surface area contributed by atoms with Crippen molar-refractivity contribution in [3.63, 3.8) is 0 Å². The number of thiophene rings is 1. The molecular formula is C62H67N15O8S. The van der Waals surface area contributed by atoms with Crippen molar-refractivity contribution in [3.05, 3.63) is 251 Å². The smallest absolute Gasteiger partial charge is 0.407 e. The molecule has 4 aromatic carbocycles. The van der Waals surface area contributed by atoms with Gasteiger partial charge in [-0.15, -0.1) is 11.3 Å². The molecule has 10 rings (SSSR count). The fraction of sp³-hybridized carbons (Fsp3) is 0.226. The maximum absolute atomic E-state index is 12.4. The lowest BCUT2D eigenvalue weighted by Gasteiger charge is -2.07. The molecule has 4 amide bonds. The van der Waals surface area contributed by atoms with Crippen LogP contribution in [0.25, 0.3) is 0 Å². The molecule has 0 bridgehead atoms. The third-order valence-corrected chi connectivity index (χ3v) is 13.3. The van der Waals surface area contributed by atoms with Gasteiger partial charge in [0.2, 0.25) is 0 Å². The van der Waals surface area contributed by atoms with Gasteiger partial charge in [0.1, 0.15) is 18.8 Å². The molecule has 0 fully saturated rings. The second-order valence-corrected chi connectivity index (χ2v) is 19.8. The summed E-state index contributed by atoms with van der Waals surface area (Å²) >= 11 is 1.67. The van der Waals surface area contributed by atoms with Crippen LogP contribution >= 0.6 is 11.3 Å². The highest BCUT2D eigenvalue weighted by atomic mass is 32.1. The first-order valence-corrected chi connectivity index (χ1v) is 28.5. The van der Waals surface area contributed by atoms with Gasteiger partial charge < -0.3 is 49.8 Å². The van der Waals surface area contributed by atoms with Crippen molar-refractivity contribution in [2.45, 2.75) is 77.9 Å². The number of amides is 4. The van der Waals surface area contributed by atoms with E-state index in [4.69, 9.17) is 9.47 Å². The van der Waals surface area contributed by atoms with E-state index in [1.807, 2.05) is 99.7 Å².